The quantitative estimate of drug-likeness (QED) is 0.144. The second-order valence-electron chi connectivity index (χ2n) is 21.6. The molecule has 1 heterocycles. The highest BCUT2D eigenvalue weighted by Crippen LogP contribution is 2.35. The number of nitrogens with two attached hydrogens (primary N) is 2. The van der Waals surface area contributed by atoms with Crippen molar-refractivity contribution in [2.75, 3.05) is 95.1 Å². The van der Waals surface area contributed by atoms with Crippen molar-refractivity contribution < 1.29 is 0 Å². The summed E-state index contributed by atoms with van der Waals surface area (Å²) >= 11 is 0. The standard InChI is InChI=1S/2C15H34B2N.C6H13B.C6H15N3.2CH5N/c2*1-12(2)14(5,6)16-10-18(9)11-17-15(7,8)13(3)4;1-5(2)6(3,4)7;1-7-4-8(2)6-9(3)5-7;2*1-2/h2*12-13,16H,10-11H2,1-9H3;5H,1-4H3;4-6H2,1-3H3;2*2H2,1H3. The average Bonchev–Trinajstić information content (AvgIpc) is 3.06. The van der Waals surface area contributed by atoms with Gasteiger partial charge < -0.3 is 21.3 Å². The van der Waals surface area contributed by atoms with Crippen molar-refractivity contribution in [3.8, 4) is 0 Å². The van der Waals surface area contributed by atoms with Gasteiger partial charge in [-0.25, -0.2) is 0 Å². The van der Waals surface area contributed by atoms with Crippen LogP contribution in [0.1, 0.15) is 138 Å². The minimum absolute atomic E-state index is 0.000000000000000222. The topological polar surface area (TPSA) is 68.2 Å². The van der Waals surface area contributed by atoms with Gasteiger partial charge in [-0.3, -0.25) is 14.7 Å². The zero-order valence-electron chi connectivity index (χ0n) is 43.9. The molecular formula is C44H106B5N7. The minimum atomic E-state index is 0.000000000000000222. The van der Waals surface area contributed by atoms with E-state index < -0.39 is 0 Å². The molecule has 4 radical (unpaired) electrons. The fourth-order valence-electron chi connectivity index (χ4n) is 4.34. The number of hydrogen-bond acceptors (Lipinski definition) is 7. The first-order valence-electron chi connectivity index (χ1n) is 22.2. The number of rotatable bonds is 17. The lowest BCUT2D eigenvalue weighted by Gasteiger charge is -2.36. The summed E-state index contributed by atoms with van der Waals surface area (Å²) in [6.45, 7) is 49.0. The Kier molecular flexibility index (Phi) is 37.1. The molecule has 0 aromatic heterocycles. The Hall–Kier alpha value is 0.0447. The second-order valence-corrected chi connectivity index (χ2v) is 21.6. The summed E-state index contributed by atoms with van der Waals surface area (Å²) in [6, 6.07) is 0. The van der Waals surface area contributed by atoms with Crippen LogP contribution in [-0.2, 0) is 0 Å². The SMILES string of the molecule is CC(C)C(C)(C)[B]CN(C)CBC(C)(C)C(C)C.CC(C)C(C)(C)[B]CN(C)CBC(C)(C)C(C)C.CN.CN.CN1CN(C)CN(C)C1.[B]C(C)(C)C(C)C. The smallest absolute Gasteiger partial charge is 0.144 e. The minimum Gasteiger partial charge on any atom is -0.333 e. The molecule has 1 aliphatic heterocycles. The Morgan fingerprint density at radius 3 is 0.875 bits per heavy atom. The lowest BCUT2D eigenvalue weighted by molar-refractivity contribution is 0.0149. The predicted octanol–water partition coefficient (Wildman–Crippen LogP) is 8.19. The van der Waals surface area contributed by atoms with E-state index in [2.05, 4.69) is 210 Å². The molecule has 0 aliphatic carbocycles. The van der Waals surface area contributed by atoms with E-state index in [1.165, 1.54) is 41.5 Å². The van der Waals surface area contributed by atoms with Crippen LogP contribution in [0.3, 0.4) is 0 Å². The fourth-order valence-corrected chi connectivity index (χ4v) is 4.34. The Labute approximate surface area is 361 Å². The maximum Gasteiger partial charge on any atom is 0.144 e. The van der Waals surface area contributed by atoms with Crippen LogP contribution in [-0.4, -0.2) is 157 Å². The molecule has 0 saturated carbocycles. The van der Waals surface area contributed by atoms with Gasteiger partial charge in [-0.2, -0.15) is 0 Å². The van der Waals surface area contributed by atoms with E-state index in [-0.39, 0.29) is 5.31 Å². The Balaban J connectivity index is -0.000000212. The molecule has 12 heteroatoms. The van der Waals surface area contributed by atoms with Gasteiger partial charge in [0.2, 0.25) is 0 Å². The molecule has 7 nitrogen and oxygen atoms in total. The monoisotopic (exact) mass is 788 g/mol. The molecule has 0 spiro atoms. The molecule has 4 N–H and O–H groups in total. The molecule has 56 heavy (non-hydrogen) atoms. The Morgan fingerprint density at radius 1 is 0.500 bits per heavy atom. The molecule has 1 saturated heterocycles. The first-order chi connectivity index (χ1) is 25.1. The zero-order chi connectivity index (χ0) is 46.1. The van der Waals surface area contributed by atoms with E-state index in [1.807, 2.05) is 13.8 Å². The summed E-state index contributed by atoms with van der Waals surface area (Å²) in [5.41, 5.74) is 9.00. The van der Waals surface area contributed by atoms with Crippen LogP contribution in [0.25, 0.3) is 0 Å². The van der Waals surface area contributed by atoms with Crippen molar-refractivity contribution in [2.45, 2.75) is 165 Å². The fraction of sp³-hybridized carbons (Fsp3) is 1.00. The van der Waals surface area contributed by atoms with E-state index >= 15 is 0 Å². The molecule has 0 aromatic rings. The average molecular weight is 787 g/mol. The van der Waals surface area contributed by atoms with Gasteiger partial charge in [0.05, 0.1) is 27.9 Å². The molecule has 0 aromatic carbocycles. The highest BCUT2D eigenvalue weighted by molar-refractivity contribution is 6.42. The third kappa shape index (κ3) is 34.9. The van der Waals surface area contributed by atoms with E-state index in [1.54, 1.807) is 0 Å². The second kappa shape index (κ2) is 31.9. The molecule has 0 amide bonds. The Morgan fingerprint density at radius 2 is 0.714 bits per heavy atom. The van der Waals surface area contributed by atoms with Crippen molar-refractivity contribution in [3.05, 3.63) is 0 Å². The number of nitrogens with zero attached hydrogens (tertiary/aromatic N) is 5. The summed E-state index contributed by atoms with van der Waals surface area (Å²) in [7, 11) is 27.0. The lowest BCUT2D eigenvalue weighted by Crippen LogP contribution is -2.50. The lowest BCUT2D eigenvalue weighted by atomic mass is 9.48. The molecule has 0 bridgehead atoms. The van der Waals surface area contributed by atoms with Crippen LogP contribution in [0.4, 0.5) is 0 Å². The third-order valence-electron chi connectivity index (χ3n) is 13.2. The van der Waals surface area contributed by atoms with Gasteiger partial charge in [-0.05, 0) is 105 Å². The summed E-state index contributed by atoms with van der Waals surface area (Å²) in [6.07, 6.45) is 4.57. The summed E-state index contributed by atoms with van der Waals surface area (Å²) < 4.78 is 0. The van der Waals surface area contributed by atoms with E-state index in [0.29, 0.717) is 39.0 Å². The normalized spacial score (nSPS) is 14.9. The van der Waals surface area contributed by atoms with Gasteiger partial charge in [0.25, 0.3) is 0 Å². The van der Waals surface area contributed by atoms with Gasteiger partial charge in [0.15, 0.2) is 0 Å². The van der Waals surface area contributed by atoms with Crippen LogP contribution in [0, 0.1) is 29.6 Å². The van der Waals surface area contributed by atoms with Crippen LogP contribution in [0.2, 0.25) is 26.6 Å². The largest absolute Gasteiger partial charge is 0.333 e. The van der Waals surface area contributed by atoms with Crippen LogP contribution >= 0.6 is 0 Å². The van der Waals surface area contributed by atoms with Crippen molar-refractivity contribution in [1.82, 2.24) is 24.5 Å². The highest BCUT2D eigenvalue weighted by Gasteiger charge is 2.28. The van der Waals surface area contributed by atoms with Crippen LogP contribution in [0.15, 0.2) is 0 Å². The summed E-state index contributed by atoms with van der Waals surface area (Å²) in [4.78, 5) is 11.7. The number of hydrogen-bond donors (Lipinski definition) is 2. The first kappa shape index (κ1) is 65.2. The Bertz CT molecular complexity index is 768. The van der Waals surface area contributed by atoms with E-state index in [0.717, 1.165) is 44.7 Å². The van der Waals surface area contributed by atoms with Gasteiger partial charge in [0, 0.05) is 0 Å². The molecule has 0 unspecified atom stereocenters. The van der Waals surface area contributed by atoms with Crippen LogP contribution < -0.4 is 11.5 Å². The third-order valence-corrected chi connectivity index (χ3v) is 13.2. The predicted molar refractivity (Wildman–Crippen MR) is 269 cm³/mol. The highest BCUT2D eigenvalue weighted by atomic mass is 15.5. The molecule has 332 valence electrons. The molecule has 1 fully saturated rings. The summed E-state index contributed by atoms with van der Waals surface area (Å²) in [5.74, 6) is 3.49. The van der Waals surface area contributed by atoms with E-state index in [9.17, 15) is 0 Å². The van der Waals surface area contributed by atoms with Gasteiger partial charge in [-0.1, -0.05) is 165 Å². The van der Waals surface area contributed by atoms with Gasteiger partial charge in [0.1, 0.15) is 29.1 Å². The van der Waals surface area contributed by atoms with Gasteiger partial charge in [-0.15, -0.1) is 0 Å². The van der Waals surface area contributed by atoms with E-state index in [4.69, 9.17) is 7.85 Å². The van der Waals surface area contributed by atoms with Crippen LogP contribution in [0.5, 0.6) is 0 Å². The first-order valence-corrected chi connectivity index (χ1v) is 22.2. The summed E-state index contributed by atoms with van der Waals surface area (Å²) in [5, 5.41) is 1.56. The van der Waals surface area contributed by atoms with Gasteiger partial charge >= 0.3 is 0 Å². The molecule has 1 rings (SSSR count). The molecule has 0 atom stereocenters. The zero-order valence-corrected chi connectivity index (χ0v) is 43.9. The molecular weight excluding hydrogens is 681 g/mol. The van der Waals surface area contributed by atoms with Crippen molar-refractivity contribution in [3.63, 3.8) is 0 Å². The van der Waals surface area contributed by atoms with Crippen molar-refractivity contribution in [2.24, 2.45) is 41.1 Å². The maximum absolute atomic E-state index is 5.68. The molecule has 1 aliphatic rings. The maximum atomic E-state index is 5.68. The van der Waals surface area contributed by atoms with Crippen molar-refractivity contribution in [1.29, 1.82) is 0 Å². The van der Waals surface area contributed by atoms with Crippen molar-refractivity contribution >= 4 is 37.0 Å².